The van der Waals surface area contributed by atoms with E-state index in [1.165, 1.54) is 0 Å². The zero-order valence-electron chi connectivity index (χ0n) is 11.5. The molecule has 0 aromatic rings. The Hall–Kier alpha value is -1.52. The van der Waals surface area contributed by atoms with E-state index in [-0.39, 0.29) is 0 Å². The van der Waals surface area contributed by atoms with Crippen LogP contribution < -0.4 is 5.32 Å². The fourth-order valence-corrected chi connectivity index (χ4v) is 1.31. The van der Waals surface area contributed by atoms with Gasteiger partial charge < -0.3 is 15.2 Å². The van der Waals surface area contributed by atoms with Crippen molar-refractivity contribution in [2.45, 2.75) is 58.6 Å². The minimum absolute atomic E-state index is 0.388. The molecular weight excluding hydrogens is 234 g/mol. The number of carboxylic acids is 1. The number of carboxylic acid groups (broad SMARTS) is 1. The standard InChI is InChI=1S/C13H23NO4/c1-5-6-7-8-9-10(11(15)16)14-12(17)18-13(2,3)4/h5-6,10H,7-9H2,1-4H3,(H,14,17)(H,15,16)/t10-/m0/s1. The molecule has 5 heteroatoms. The second-order valence-electron chi connectivity index (χ2n) is 5.04. The second kappa shape index (κ2) is 7.74. The van der Waals surface area contributed by atoms with Crippen LogP contribution in [0.2, 0.25) is 0 Å². The molecule has 0 aromatic carbocycles. The van der Waals surface area contributed by atoms with Gasteiger partial charge in [-0.15, -0.1) is 0 Å². The lowest BCUT2D eigenvalue weighted by atomic mass is 10.1. The van der Waals surface area contributed by atoms with Gasteiger partial charge in [-0.25, -0.2) is 9.59 Å². The van der Waals surface area contributed by atoms with Crippen LogP contribution in [-0.2, 0) is 9.53 Å². The summed E-state index contributed by atoms with van der Waals surface area (Å²) in [6.07, 6.45) is 5.08. The van der Waals surface area contributed by atoms with Crippen molar-refractivity contribution in [3.05, 3.63) is 12.2 Å². The van der Waals surface area contributed by atoms with Gasteiger partial charge in [0.15, 0.2) is 0 Å². The van der Waals surface area contributed by atoms with Crippen molar-refractivity contribution in [3.63, 3.8) is 0 Å². The van der Waals surface area contributed by atoms with E-state index in [9.17, 15) is 9.59 Å². The third kappa shape index (κ3) is 8.61. The van der Waals surface area contributed by atoms with Crippen molar-refractivity contribution in [2.75, 3.05) is 0 Å². The Kier molecular flexibility index (Phi) is 7.08. The molecule has 0 aromatic heterocycles. The normalized spacial score (nSPS) is 13.3. The van der Waals surface area contributed by atoms with Crippen molar-refractivity contribution in [1.29, 1.82) is 0 Å². The van der Waals surface area contributed by atoms with E-state index < -0.39 is 23.7 Å². The molecule has 0 heterocycles. The van der Waals surface area contributed by atoms with Gasteiger partial charge in [-0.2, -0.15) is 0 Å². The Morgan fingerprint density at radius 1 is 1.39 bits per heavy atom. The Morgan fingerprint density at radius 3 is 2.44 bits per heavy atom. The highest BCUT2D eigenvalue weighted by molar-refractivity contribution is 5.79. The lowest BCUT2D eigenvalue weighted by molar-refractivity contribution is -0.139. The van der Waals surface area contributed by atoms with Crippen molar-refractivity contribution in [2.24, 2.45) is 0 Å². The van der Waals surface area contributed by atoms with E-state index in [1.807, 2.05) is 19.1 Å². The highest BCUT2D eigenvalue weighted by atomic mass is 16.6. The van der Waals surface area contributed by atoms with Crippen LogP contribution >= 0.6 is 0 Å². The van der Waals surface area contributed by atoms with Crippen LogP contribution in [0.25, 0.3) is 0 Å². The largest absolute Gasteiger partial charge is 0.480 e. The van der Waals surface area contributed by atoms with Crippen LogP contribution in [0.3, 0.4) is 0 Å². The minimum atomic E-state index is -1.04. The van der Waals surface area contributed by atoms with Crippen LogP contribution in [0.15, 0.2) is 12.2 Å². The van der Waals surface area contributed by atoms with Crippen LogP contribution in [0, 0.1) is 0 Å². The SMILES string of the molecule is CC=CCCC[C@H](NC(=O)OC(C)(C)C)C(=O)O. The average molecular weight is 257 g/mol. The number of ether oxygens (including phenoxy) is 1. The molecule has 0 spiro atoms. The zero-order valence-corrected chi connectivity index (χ0v) is 11.5. The van der Waals surface area contributed by atoms with Gasteiger partial charge in [0.1, 0.15) is 11.6 Å². The predicted molar refractivity (Wildman–Crippen MR) is 69.5 cm³/mol. The maximum Gasteiger partial charge on any atom is 0.408 e. The monoisotopic (exact) mass is 257 g/mol. The number of unbranched alkanes of at least 4 members (excludes halogenated alkanes) is 1. The summed E-state index contributed by atoms with van der Waals surface area (Å²) in [4.78, 5) is 22.4. The molecule has 0 saturated carbocycles. The predicted octanol–water partition coefficient (Wildman–Crippen LogP) is 2.71. The van der Waals surface area contributed by atoms with Crippen molar-refractivity contribution >= 4 is 12.1 Å². The molecule has 0 bridgehead atoms. The molecule has 18 heavy (non-hydrogen) atoms. The molecule has 0 aliphatic carbocycles. The summed E-state index contributed by atoms with van der Waals surface area (Å²) in [5.74, 6) is -1.04. The summed E-state index contributed by atoms with van der Waals surface area (Å²) in [5, 5.41) is 11.4. The number of allylic oxidation sites excluding steroid dienone is 2. The summed E-state index contributed by atoms with van der Waals surface area (Å²) in [5.41, 5.74) is -0.627. The molecule has 5 nitrogen and oxygen atoms in total. The summed E-state index contributed by atoms with van der Waals surface area (Å²) in [6.45, 7) is 7.10. The number of hydrogen-bond donors (Lipinski definition) is 2. The first-order valence-corrected chi connectivity index (χ1v) is 6.09. The fraction of sp³-hybridized carbons (Fsp3) is 0.692. The van der Waals surface area contributed by atoms with Crippen molar-refractivity contribution in [3.8, 4) is 0 Å². The summed E-state index contributed by atoms with van der Waals surface area (Å²) >= 11 is 0. The summed E-state index contributed by atoms with van der Waals surface area (Å²) in [6, 6.07) is -0.898. The van der Waals surface area contributed by atoms with E-state index in [0.717, 1.165) is 6.42 Å². The maximum atomic E-state index is 11.5. The molecule has 0 rings (SSSR count). The Morgan fingerprint density at radius 2 is 2.00 bits per heavy atom. The van der Waals surface area contributed by atoms with Gasteiger partial charge in [0.05, 0.1) is 0 Å². The van der Waals surface area contributed by atoms with E-state index in [0.29, 0.717) is 12.8 Å². The topological polar surface area (TPSA) is 75.6 Å². The smallest absolute Gasteiger partial charge is 0.408 e. The zero-order chi connectivity index (χ0) is 14.2. The van der Waals surface area contributed by atoms with Crippen molar-refractivity contribution < 1.29 is 19.4 Å². The van der Waals surface area contributed by atoms with Gasteiger partial charge in [-0.05, 0) is 47.0 Å². The summed E-state index contributed by atoms with van der Waals surface area (Å²) in [7, 11) is 0. The van der Waals surface area contributed by atoms with Gasteiger partial charge >= 0.3 is 12.1 Å². The average Bonchev–Trinajstić information content (AvgIpc) is 2.19. The molecule has 0 unspecified atom stereocenters. The number of alkyl carbamates (subject to hydrolysis) is 1. The third-order valence-electron chi connectivity index (χ3n) is 2.09. The lowest BCUT2D eigenvalue weighted by Crippen LogP contribution is -2.43. The lowest BCUT2D eigenvalue weighted by Gasteiger charge is -2.21. The first-order chi connectivity index (χ1) is 8.26. The molecule has 104 valence electrons. The number of nitrogens with one attached hydrogen (secondary N) is 1. The van der Waals surface area contributed by atoms with Gasteiger partial charge in [0.25, 0.3) is 0 Å². The van der Waals surface area contributed by atoms with Crippen LogP contribution in [-0.4, -0.2) is 28.8 Å². The van der Waals surface area contributed by atoms with Crippen LogP contribution in [0.4, 0.5) is 4.79 Å². The Labute approximate surface area is 108 Å². The van der Waals surface area contributed by atoms with Gasteiger partial charge in [-0.1, -0.05) is 12.2 Å². The van der Waals surface area contributed by atoms with E-state index in [1.54, 1.807) is 20.8 Å². The highest BCUT2D eigenvalue weighted by Gasteiger charge is 2.23. The van der Waals surface area contributed by atoms with Crippen molar-refractivity contribution in [1.82, 2.24) is 5.32 Å². The molecule has 1 amide bonds. The van der Waals surface area contributed by atoms with E-state index in [4.69, 9.17) is 9.84 Å². The molecule has 0 radical (unpaired) electrons. The van der Waals surface area contributed by atoms with Gasteiger partial charge in [0, 0.05) is 0 Å². The number of amides is 1. The van der Waals surface area contributed by atoms with Crippen LogP contribution in [0.5, 0.6) is 0 Å². The molecule has 0 aliphatic rings. The second-order valence-corrected chi connectivity index (χ2v) is 5.04. The maximum absolute atomic E-state index is 11.5. The quantitative estimate of drug-likeness (QED) is 0.566. The van der Waals surface area contributed by atoms with Crippen LogP contribution in [0.1, 0.15) is 47.0 Å². The Balaban J connectivity index is 4.19. The van der Waals surface area contributed by atoms with E-state index >= 15 is 0 Å². The minimum Gasteiger partial charge on any atom is -0.480 e. The first-order valence-electron chi connectivity index (χ1n) is 6.09. The van der Waals surface area contributed by atoms with E-state index in [2.05, 4.69) is 5.32 Å². The number of carbonyl (C=O) groups excluding carboxylic acids is 1. The molecular formula is C13H23NO4. The number of rotatable bonds is 6. The molecule has 0 saturated heterocycles. The molecule has 0 fully saturated rings. The fourth-order valence-electron chi connectivity index (χ4n) is 1.31. The first kappa shape index (κ1) is 16.5. The Bertz CT molecular complexity index is 305. The number of aliphatic carboxylic acids is 1. The third-order valence-corrected chi connectivity index (χ3v) is 2.09. The highest BCUT2D eigenvalue weighted by Crippen LogP contribution is 2.08. The number of carbonyl (C=O) groups is 2. The summed E-state index contributed by atoms with van der Waals surface area (Å²) < 4.78 is 5.02. The van der Waals surface area contributed by atoms with Gasteiger partial charge in [-0.3, -0.25) is 0 Å². The molecule has 1 atom stereocenters. The molecule has 0 aliphatic heterocycles. The van der Waals surface area contributed by atoms with Gasteiger partial charge in [0.2, 0.25) is 0 Å². The molecule has 2 N–H and O–H groups in total. The number of hydrogen-bond acceptors (Lipinski definition) is 3.